The molecule has 0 aromatic heterocycles. The van der Waals surface area contributed by atoms with Gasteiger partial charge < -0.3 is 10.2 Å². The predicted octanol–water partition coefficient (Wildman–Crippen LogP) is 0.811. The van der Waals surface area contributed by atoms with E-state index >= 15 is 0 Å². The highest BCUT2D eigenvalue weighted by Gasteiger charge is 2.22. The number of carboxylic acids is 1. The van der Waals surface area contributed by atoms with E-state index in [2.05, 4.69) is 0 Å². The zero-order valence-corrected chi connectivity index (χ0v) is 7.21. The van der Waals surface area contributed by atoms with Crippen LogP contribution >= 0.6 is 0 Å². The van der Waals surface area contributed by atoms with Crippen LogP contribution in [-0.2, 0) is 0 Å². The summed E-state index contributed by atoms with van der Waals surface area (Å²) in [5, 5.41) is 28.2. The summed E-state index contributed by atoms with van der Waals surface area (Å²) in [7, 11) is 0. The number of aromatic carboxylic acids is 1. The molecule has 0 unspecified atom stereocenters. The molecule has 1 aromatic rings. The minimum Gasteiger partial charge on any atom is -0.507 e. The summed E-state index contributed by atoms with van der Waals surface area (Å²) >= 11 is 0. The van der Waals surface area contributed by atoms with Gasteiger partial charge in [0, 0.05) is 0 Å². The highest BCUT2D eigenvalue weighted by molar-refractivity contribution is 5.95. The molecule has 0 radical (unpaired) electrons. The third-order valence-electron chi connectivity index (χ3n) is 1.70. The molecule has 0 aliphatic carbocycles. The Labute approximate surface area is 82.7 Å². The van der Waals surface area contributed by atoms with Gasteiger partial charge >= 0.3 is 5.97 Å². The first-order valence-corrected chi connectivity index (χ1v) is 3.67. The Morgan fingerprint density at radius 2 is 2.07 bits per heavy atom. The van der Waals surface area contributed by atoms with Gasteiger partial charge in [0.15, 0.2) is 6.29 Å². The number of hydrogen-bond donors (Lipinski definition) is 2. The van der Waals surface area contributed by atoms with E-state index in [1.54, 1.807) is 0 Å². The van der Waals surface area contributed by atoms with E-state index in [-0.39, 0.29) is 11.8 Å². The average Bonchev–Trinajstić information content (AvgIpc) is 2.16. The zero-order chi connectivity index (χ0) is 11.6. The molecule has 2 N–H and O–H groups in total. The lowest BCUT2D eigenvalue weighted by molar-refractivity contribution is -0.385. The van der Waals surface area contributed by atoms with Crippen LogP contribution in [0.15, 0.2) is 12.1 Å². The number of nitro groups is 1. The number of aldehydes is 1. The van der Waals surface area contributed by atoms with E-state index in [1.807, 2.05) is 0 Å². The van der Waals surface area contributed by atoms with Gasteiger partial charge in [-0.3, -0.25) is 14.9 Å². The molecule has 0 atom stereocenters. The Hall–Kier alpha value is -2.44. The number of phenols is 1. The van der Waals surface area contributed by atoms with E-state index < -0.39 is 27.9 Å². The van der Waals surface area contributed by atoms with E-state index in [1.165, 1.54) is 0 Å². The first-order valence-electron chi connectivity index (χ1n) is 3.67. The minimum absolute atomic E-state index is 0.214. The highest BCUT2D eigenvalue weighted by atomic mass is 16.6. The summed E-state index contributed by atoms with van der Waals surface area (Å²) in [6.07, 6.45) is 0.214. The minimum atomic E-state index is -1.54. The maximum absolute atomic E-state index is 10.6. The van der Waals surface area contributed by atoms with Crippen molar-refractivity contribution in [2.75, 3.05) is 0 Å². The second-order valence-corrected chi connectivity index (χ2v) is 2.61. The van der Waals surface area contributed by atoms with E-state index in [4.69, 9.17) is 10.2 Å². The molecule has 0 saturated carbocycles. The van der Waals surface area contributed by atoms with Gasteiger partial charge in [-0.05, 0) is 6.07 Å². The first kappa shape index (κ1) is 10.6. The maximum Gasteiger partial charge on any atom is 0.342 e. The summed E-state index contributed by atoms with van der Waals surface area (Å²) in [4.78, 5) is 30.4. The molecule has 78 valence electrons. The summed E-state index contributed by atoms with van der Waals surface area (Å²) in [5.74, 6) is -2.16. The smallest absolute Gasteiger partial charge is 0.342 e. The fourth-order valence-corrected chi connectivity index (χ4v) is 1.01. The molecule has 15 heavy (non-hydrogen) atoms. The molecule has 1 rings (SSSR count). The van der Waals surface area contributed by atoms with Crippen molar-refractivity contribution in [1.82, 2.24) is 0 Å². The molecule has 0 saturated heterocycles. The van der Waals surface area contributed by atoms with Crippen LogP contribution in [0.3, 0.4) is 0 Å². The molecule has 0 aliphatic rings. The molecule has 7 heteroatoms. The molecule has 0 bridgehead atoms. The van der Waals surface area contributed by atoms with Gasteiger partial charge in [0.2, 0.25) is 0 Å². The Kier molecular flexibility index (Phi) is 2.65. The van der Waals surface area contributed by atoms with Gasteiger partial charge in [0.05, 0.1) is 16.6 Å². The summed E-state index contributed by atoms with van der Waals surface area (Å²) in [6.45, 7) is 0. The number of nitrogens with zero attached hydrogens (tertiary/aromatic N) is 1. The fraction of sp³-hybridized carbons (Fsp3) is 0. The number of aromatic hydroxyl groups is 1. The first-order chi connectivity index (χ1) is 6.97. The number of hydrogen-bond acceptors (Lipinski definition) is 5. The Morgan fingerprint density at radius 3 is 2.47 bits per heavy atom. The van der Waals surface area contributed by atoms with Crippen molar-refractivity contribution < 1.29 is 24.7 Å². The van der Waals surface area contributed by atoms with Crippen molar-refractivity contribution in [1.29, 1.82) is 0 Å². The monoisotopic (exact) mass is 211 g/mol. The van der Waals surface area contributed by atoms with Crippen LogP contribution in [0.4, 0.5) is 5.69 Å². The summed E-state index contributed by atoms with van der Waals surface area (Å²) < 4.78 is 0. The normalized spacial score (nSPS) is 9.60. The van der Waals surface area contributed by atoms with E-state index in [0.717, 1.165) is 6.07 Å². The highest BCUT2D eigenvalue weighted by Crippen LogP contribution is 2.27. The third kappa shape index (κ3) is 1.90. The Balaban J connectivity index is 3.52. The predicted molar refractivity (Wildman–Crippen MR) is 47.1 cm³/mol. The fourth-order valence-electron chi connectivity index (χ4n) is 1.01. The molecule has 0 aliphatic heterocycles. The van der Waals surface area contributed by atoms with Crippen LogP contribution in [0.2, 0.25) is 0 Å². The van der Waals surface area contributed by atoms with Crippen molar-refractivity contribution in [3.8, 4) is 5.75 Å². The number of carbonyl (C=O) groups excluding carboxylic acids is 1. The van der Waals surface area contributed by atoms with Crippen molar-refractivity contribution in [2.24, 2.45) is 0 Å². The van der Waals surface area contributed by atoms with Crippen LogP contribution in [0, 0.1) is 10.1 Å². The van der Waals surface area contributed by atoms with Gasteiger partial charge in [-0.25, -0.2) is 4.79 Å². The van der Waals surface area contributed by atoms with Gasteiger partial charge in [-0.15, -0.1) is 0 Å². The number of benzene rings is 1. The molecular weight excluding hydrogens is 206 g/mol. The lowest BCUT2D eigenvalue weighted by Gasteiger charge is -2.01. The number of carboxylic acid groups (broad SMARTS) is 1. The Bertz CT molecular complexity index is 453. The number of phenolic OH excluding ortho intramolecular Hbond substituents is 1. The quantitative estimate of drug-likeness (QED) is 0.434. The molecule has 0 amide bonds. The van der Waals surface area contributed by atoms with Gasteiger partial charge in [-0.2, -0.15) is 0 Å². The van der Waals surface area contributed by atoms with E-state index in [9.17, 15) is 19.7 Å². The molecule has 1 aromatic carbocycles. The van der Waals surface area contributed by atoms with Crippen LogP contribution in [0.1, 0.15) is 20.7 Å². The average molecular weight is 211 g/mol. The van der Waals surface area contributed by atoms with Gasteiger partial charge in [-0.1, -0.05) is 0 Å². The summed E-state index contributed by atoms with van der Waals surface area (Å²) in [5.41, 5.74) is -1.71. The lowest BCUT2D eigenvalue weighted by atomic mass is 10.1. The van der Waals surface area contributed by atoms with Crippen LogP contribution in [-0.4, -0.2) is 27.4 Å². The van der Waals surface area contributed by atoms with Crippen molar-refractivity contribution in [2.45, 2.75) is 0 Å². The summed E-state index contributed by atoms with van der Waals surface area (Å²) in [6, 6.07) is 1.38. The second-order valence-electron chi connectivity index (χ2n) is 2.61. The number of carbonyl (C=O) groups is 2. The molecule has 0 spiro atoms. The van der Waals surface area contributed by atoms with Crippen LogP contribution < -0.4 is 0 Å². The lowest BCUT2D eigenvalue weighted by Crippen LogP contribution is -2.03. The van der Waals surface area contributed by atoms with Crippen molar-refractivity contribution >= 4 is 17.9 Å². The number of nitro benzene ring substituents is 1. The molecule has 0 fully saturated rings. The van der Waals surface area contributed by atoms with Crippen LogP contribution in [0.5, 0.6) is 5.75 Å². The standard InChI is InChI=1S/C8H5NO6/c10-3-4-1-5(8(12)13)6(9(14)15)2-7(4)11/h1-3,11H,(H,12,13). The van der Waals surface area contributed by atoms with Crippen molar-refractivity contribution in [3.05, 3.63) is 33.4 Å². The number of rotatable bonds is 3. The molecular formula is C8H5NO6. The topological polar surface area (TPSA) is 118 Å². The zero-order valence-electron chi connectivity index (χ0n) is 7.21. The van der Waals surface area contributed by atoms with Gasteiger partial charge in [0.1, 0.15) is 11.3 Å². The van der Waals surface area contributed by atoms with Crippen molar-refractivity contribution in [3.63, 3.8) is 0 Å². The second kappa shape index (κ2) is 3.74. The maximum atomic E-state index is 10.6. The SMILES string of the molecule is O=Cc1cc(C(=O)O)c([N+](=O)[O-])cc1O. The largest absolute Gasteiger partial charge is 0.507 e. The van der Waals surface area contributed by atoms with E-state index in [0.29, 0.717) is 6.07 Å². The van der Waals surface area contributed by atoms with Gasteiger partial charge in [0.25, 0.3) is 5.69 Å². The molecule has 0 heterocycles. The third-order valence-corrected chi connectivity index (χ3v) is 1.70. The Morgan fingerprint density at radius 1 is 1.47 bits per heavy atom. The molecule has 7 nitrogen and oxygen atoms in total. The van der Waals surface area contributed by atoms with Crippen LogP contribution in [0.25, 0.3) is 0 Å².